The smallest absolute Gasteiger partial charge is 0.275 e. The van der Waals surface area contributed by atoms with Crippen molar-refractivity contribution in [2.45, 2.75) is 19.3 Å². The SMILES string of the molecule is O=C(Nc1ccc(N2CCCCC2)cc1)c1nc(Cl)c(Cl)c(Cl)c1Cl. The molecule has 1 aromatic carbocycles. The summed E-state index contributed by atoms with van der Waals surface area (Å²) in [7, 11) is 0. The van der Waals surface area contributed by atoms with Crippen LogP contribution in [0.5, 0.6) is 0 Å². The maximum atomic E-state index is 12.4. The number of piperidine rings is 1. The van der Waals surface area contributed by atoms with Gasteiger partial charge in [0.25, 0.3) is 5.91 Å². The Labute approximate surface area is 166 Å². The van der Waals surface area contributed by atoms with Crippen molar-refractivity contribution in [1.29, 1.82) is 0 Å². The molecule has 0 radical (unpaired) electrons. The third kappa shape index (κ3) is 4.14. The predicted molar refractivity (Wildman–Crippen MR) is 105 cm³/mol. The molecule has 1 aliphatic rings. The van der Waals surface area contributed by atoms with Crippen molar-refractivity contribution < 1.29 is 4.79 Å². The van der Waals surface area contributed by atoms with E-state index in [0.29, 0.717) is 5.69 Å². The molecule has 3 rings (SSSR count). The summed E-state index contributed by atoms with van der Waals surface area (Å²) in [5.41, 5.74) is 1.71. The van der Waals surface area contributed by atoms with Crippen molar-refractivity contribution in [1.82, 2.24) is 4.98 Å². The van der Waals surface area contributed by atoms with E-state index in [1.54, 1.807) is 0 Å². The number of nitrogens with zero attached hydrogens (tertiary/aromatic N) is 2. The highest BCUT2D eigenvalue weighted by atomic mass is 35.5. The summed E-state index contributed by atoms with van der Waals surface area (Å²) in [4.78, 5) is 18.7. The lowest BCUT2D eigenvalue weighted by Gasteiger charge is -2.28. The molecule has 1 aromatic heterocycles. The first-order valence-electron chi connectivity index (χ1n) is 7.83. The highest BCUT2D eigenvalue weighted by Gasteiger charge is 2.20. The molecule has 0 saturated carbocycles. The second-order valence-corrected chi connectivity index (χ2v) is 7.23. The fraction of sp³-hybridized carbons (Fsp3) is 0.294. The number of aromatic nitrogens is 1. The van der Waals surface area contributed by atoms with Gasteiger partial charge in [0, 0.05) is 24.5 Å². The normalized spacial score (nSPS) is 14.5. The molecule has 1 N–H and O–H groups in total. The van der Waals surface area contributed by atoms with Crippen molar-refractivity contribution in [2.24, 2.45) is 0 Å². The Morgan fingerprint density at radius 1 is 0.920 bits per heavy atom. The van der Waals surface area contributed by atoms with Gasteiger partial charge in [0.2, 0.25) is 0 Å². The quantitative estimate of drug-likeness (QED) is 0.627. The van der Waals surface area contributed by atoms with Crippen LogP contribution in [0.1, 0.15) is 29.8 Å². The van der Waals surface area contributed by atoms with Crippen LogP contribution in [0.4, 0.5) is 11.4 Å². The summed E-state index contributed by atoms with van der Waals surface area (Å²) in [6.45, 7) is 2.13. The van der Waals surface area contributed by atoms with Crippen LogP contribution >= 0.6 is 46.4 Å². The number of hydrogen-bond acceptors (Lipinski definition) is 3. The van der Waals surface area contributed by atoms with E-state index in [4.69, 9.17) is 46.4 Å². The molecule has 25 heavy (non-hydrogen) atoms. The number of benzene rings is 1. The average molecular weight is 419 g/mol. The molecule has 1 saturated heterocycles. The summed E-state index contributed by atoms with van der Waals surface area (Å²) in [5, 5.41) is 2.67. The Balaban J connectivity index is 1.75. The Morgan fingerprint density at radius 3 is 2.20 bits per heavy atom. The Kier molecular flexibility index (Phi) is 5.95. The number of amides is 1. The van der Waals surface area contributed by atoms with Crippen molar-refractivity contribution in [3.05, 3.63) is 50.2 Å². The van der Waals surface area contributed by atoms with E-state index in [2.05, 4.69) is 15.2 Å². The number of hydrogen-bond donors (Lipinski definition) is 1. The van der Waals surface area contributed by atoms with E-state index >= 15 is 0 Å². The zero-order chi connectivity index (χ0) is 18.0. The molecule has 2 aromatic rings. The van der Waals surface area contributed by atoms with Gasteiger partial charge in [0.05, 0.1) is 15.1 Å². The van der Waals surface area contributed by atoms with E-state index < -0.39 is 5.91 Å². The molecule has 0 spiro atoms. The third-order valence-corrected chi connectivity index (χ3v) is 5.72. The summed E-state index contributed by atoms with van der Waals surface area (Å²) in [6.07, 6.45) is 3.70. The van der Waals surface area contributed by atoms with Gasteiger partial charge in [0.1, 0.15) is 10.8 Å². The molecule has 0 unspecified atom stereocenters. The maximum Gasteiger partial charge on any atom is 0.275 e. The van der Waals surface area contributed by atoms with Crippen LogP contribution in [0.25, 0.3) is 0 Å². The number of carbonyl (C=O) groups is 1. The zero-order valence-corrected chi connectivity index (χ0v) is 16.2. The van der Waals surface area contributed by atoms with Crippen LogP contribution in [0, 0.1) is 0 Å². The number of halogens is 4. The van der Waals surface area contributed by atoms with Gasteiger partial charge in [-0.2, -0.15) is 0 Å². The zero-order valence-electron chi connectivity index (χ0n) is 13.2. The van der Waals surface area contributed by atoms with E-state index in [0.717, 1.165) is 18.8 Å². The van der Waals surface area contributed by atoms with Crippen molar-refractivity contribution in [3.8, 4) is 0 Å². The Hall–Kier alpha value is -1.20. The highest BCUT2D eigenvalue weighted by Crippen LogP contribution is 2.36. The second-order valence-electron chi connectivity index (χ2n) is 5.74. The van der Waals surface area contributed by atoms with E-state index in [1.165, 1.54) is 19.3 Å². The minimum Gasteiger partial charge on any atom is -0.372 e. The summed E-state index contributed by atoms with van der Waals surface area (Å²) >= 11 is 23.8. The lowest BCUT2D eigenvalue weighted by Crippen LogP contribution is -2.29. The van der Waals surface area contributed by atoms with Crippen LogP contribution in [0.15, 0.2) is 24.3 Å². The summed E-state index contributed by atoms with van der Waals surface area (Å²) in [5.74, 6) is -0.504. The van der Waals surface area contributed by atoms with Crippen LogP contribution in [-0.2, 0) is 0 Å². The number of nitrogens with one attached hydrogen (secondary N) is 1. The molecule has 0 bridgehead atoms. The topological polar surface area (TPSA) is 45.2 Å². The summed E-state index contributed by atoms with van der Waals surface area (Å²) in [6, 6.07) is 7.65. The molecular weight excluding hydrogens is 404 g/mol. The monoisotopic (exact) mass is 417 g/mol. The lowest BCUT2D eigenvalue weighted by atomic mass is 10.1. The fourth-order valence-electron chi connectivity index (χ4n) is 2.74. The molecule has 132 valence electrons. The van der Waals surface area contributed by atoms with Crippen LogP contribution in [-0.4, -0.2) is 24.0 Å². The molecule has 0 atom stereocenters. The van der Waals surface area contributed by atoms with Crippen LogP contribution in [0.2, 0.25) is 20.2 Å². The number of carbonyl (C=O) groups excluding carboxylic acids is 1. The minimum atomic E-state index is -0.504. The van der Waals surface area contributed by atoms with Gasteiger partial charge in [-0.1, -0.05) is 46.4 Å². The first-order chi connectivity index (χ1) is 12.0. The van der Waals surface area contributed by atoms with Gasteiger partial charge in [-0.05, 0) is 43.5 Å². The average Bonchev–Trinajstić information content (AvgIpc) is 2.64. The number of anilines is 2. The largest absolute Gasteiger partial charge is 0.372 e. The van der Waals surface area contributed by atoms with Gasteiger partial charge in [0.15, 0.2) is 0 Å². The van der Waals surface area contributed by atoms with Gasteiger partial charge >= 0.3 is 0 Å². The molecular formula is C17H15Cl4N3O. The molecule has 2 heterocycles. The molecule has 1 amide bonds. The Morgan fingerprint density at radius 2 is 1.56 bits per heavy atom. The fourth-order valence-corrected chi connectivity index (χ4v) is 3.55. The molecule has 8 heteroatoms. The van der Waals surface area contributed by atoms with Crippen molar-refractivity contribution >= 4 is 63.7 Å². The molecule has 4 nitrogen and oxygen atoms in total. The minimum absolute atomic E-state index is 0.00827. The predicted octanol–water partition coefficient (Wildman–Crippen LogP) is 5.94. The van der Waals surface area contributed by atoms with Gasteiger partial charge in [-0.15, -0.1) is 0 Å². The molecule has 1 fully saturated rings. The first-order valence-corrected chi connectivity index (χ1v) is 9.35. The Bertz CT molecular complexity index is 789. The molecule has 1 aliphatic heterocycles. The second kappa shape index (κ2) is 8.00. The first kappa shape index (κ1) is 18.6. The third-order valence-electron chi connectivity index (χ3n) is 4.05. The van der Waals surface area contributed by atoms with Crippen molar-refractivity contribution in [3.63, 3.8) is 0 Å². The van der Waals surface area contributed by atoms with Crippen molar-refractivity contribution in [2.75, 3.05) is 23.3 Å². The summed E-state index contributed by atoms with van der Waals surface area (Å²) < 4.78 is 0. The van der Waals surface area contributed by atoms with Gasteiger partial charge in [-0.3, -0.25) is 4.79 Å². The van der Waals surface area contributed by atoms with Gasteiger partial charge in [-0.25, -0.2) is 4.98 Å². The van der Waals surface area contributed by atoms with Gasteiger partial charge < -0.3 is 10.2 Å². The molecule has 0 aliphatic carbocycles. The van der Waals surface area contributed by atoms with Crippen LogP contribution < -0.4 is 10.2 Å². The number of rotatable bonds is 3. The highest BCUT2D eigenvalue weighted by molar-refractivity contribution is 6.52. The lowest BCUT2D eigenvalue weighted by molar-refractivity contribution is 0.102. The standard InChI is InChI=1S/C17H15Cl4N3O/c18-12-13(19)15(23-16(21)14(12)20)17(25)22-10-4-6-11(7-5-10)24-8-2-1-3-9-24/h4-7H,1-3,8-9H2,(H,22,25). The maximum absolute atomic E-state index is 12.4. The van der Waals surface area contributed by atoms with E-state index in [1.807, 2.05) is 24.3 Å². The number of pyridine rings is 1. The van der Waals surface area contributed by atoms with Crippen LogP contribution in [0.3, 0.4) is 0 Å². The van der Waals surface area contributed by atoms with E-state index in [9.17, 15) is 4.79 Å². The van der Waals surface area contributed by atoms with E-state index in [-0.39, 0.29) is 25.9 Å².